The minimum atomic E-state index is -0.308. The van der Waals surface area contributed by atoms with Crippen molar-refractivity contribution in [3.8, 4) is 0 Å². The van der Waals surface area contributed by atoms with E-state index < -0.39 is 0 Å². The fraction of sp³-hybridized carbons (Fsp3) is 0.500. The van der Waals surface area contributed by atoms with Crippen molar-refractivity contribution in [2.75, 3.05) is 18.0 Å². The molecular formula is C14H17N3O2. The average Bonchev–Trinajstić information content (AvgIpc) is 2.81. The molecule has 1 aliphatic carbocycles. The van der Waals surface area contributed by atoms with Gasteiger partial charge >= 0.3 is 5.69 Å². The van der Waals surface area contributed by atoms with Crippen LogP contribution in [0.25, 0.3) is 0 Å². The lowest BCUT2D eigenvalue weighted by molar-refractivity contribution is -0.384. The molecular weight excluding hydrogens is 242 g/mol. The molecule has 0 radical (unpaired) electrons. The van der Waals surface area contributed by atoms with Gasteiger partial charge < -0.3 is 4.90 Å². The molecule has 1 aliphatic heterocycles. The highest BCUT2D eigenvalue weighted by molar-refractivity contribution is 5.62. The molecule has 2 aliphatic rings. The van der Waals surface area contributed by atoms with Crippen molar-refractivity contribution >= 4 is 11.5 Å². The van der Waals surface area contributed by atoms with Crippen LogP contribution in [0.1, 0.15) is 18.4 Å². The van der Waals surface area contributed by atoms with E-state index >= 15 is 0 Å². The Bertz CT molecular complexity index is 525. The van der Waals surface area contributed by atoms with Gasteiger partial charge in [-0.05, 0) is 37.7 Å². The van der Waals surface area contributed by atoms with E-state index in [1.165, 1.54) is 0 Å². The first-order valence-electron chi connectivity index (χ1n) is 6.66. The molecule has 1 aromatic heterocycles. The Morgan fingerprint density at radius 2 is 1.95 bits per heavy atom. The Hall–Kier alpha value is -1.91. The van der Waals surface area contributed by atoms with Gasteiger partial charge in [0.05, 0.1) is 4.92 Å². The highest BCUT2D eigenvalue weighted by Crippen LogP contribution is 2.38. The number of nitrogens with zero attached hydrogens (tertiary/aromatic N) is 3. The maximum absolute atomic E-state index is 11.2. The lowest BCUT2D eigenvalue weighted by Crippen LogP contribution is -2.22. The Morgan fingerprint density at radius 1 is 1.32 bits per heavy atom. The highest BCUT2D eigenvalue weighted by Gasteiger charge is 2.36. The van der Waals surface area contributed by atoms with Gasteiger partial charge in [0, 0.05) is 24.8 Å². The molecule has 2 atom stereocenters. The zero-order valence-electron chi connectivity index (χ0n) is 11.0. The minimum Gasteiger partial charge on any atom is -0.350 e. The van der Waals surface area contributed by atoms with Crippen molar-refractivity contribution in [2.45, 2.75) is 19.8 Å². The van der Waals surface area contributed by atoms with Crippen LogP contribution in [0.2, 0.25) is 0 Å². The van der Waals surface area contributed by atoms with Crippen molar-refractivity contribution in [1.29, 1.82) is 0 Å². The summed E-state index contributed by atoms with van der Waals surface area (Å²) in [6.07, 6.45) is 8.28. The van der Waals surface area contributed by atoms with Crippen molar-refractivity contribution in [3.05, 3.63) is 40.1 Å². The number of rotatable bonds is 2. The summed E-state index contributed by atoms with van der Waals surface area (Å²) in [7, 11) is 0. The normalized spacial score (nSPS) is 25.4. The summed E-state index contributed by atoms with van der Waals surface area (Å²) in [4.78, 5) is 17.3. The molecule has 19 heavy (non-hydrogen) atoms. The number of fused-ring (bicyclic) bond motifs is 1. The zero-order chi connectivity index (χ0) is 13.4. The number of pyridine rings is 1. The van der Waals surface area contributed by atoms with E-state index in [1.807, 2.05) is 0 Å². The Balaban J connectivity index is 1.92. The van der Waals surface area contributed by atoms with E-state index in [0.29, 0.717) is 23.2 Å². The smallest absolute Gasteiger partial charge is 0.314 e. The van der Waals surface area contributed by atoms with E-state index in [1.54, 1.807) is 19.2 Å². The molecule has 2 heterocycles. The van der Waals surface area contributed by atoms with E-state index in [-0.39, 0.29) is 10.6 Å². The number of anilines is 1. The molecule has 1 saturated heterocycles. The van der Waals surface area contributed by atoms with Gasteiger partial charge in [-0.15, -0.1) is 0 Å². The summed E-state index contributed by atoms with van der Waals surface area (Å²) < 4.78 is 0. The Morgan fingerprint density at radius 3 is 2.53 bits per heavy atom. The summed E-state index contributed by atoms with van der Waals surface area (Å²) in [5.74, 6) is 1.78. The second-order valence-corrected chi connectivity index (χ2v) is 5.43. The summed E-state index contributed by atoms with van der Waals surface area (Å²) in [5, 5.41) is 11.2. The molecule has 1 aromatic rings. The summed E-state index contributed by atoms with van der Waals surface area (Å²) >= 11 is 0. The first-order chi connectivity index (χ1) is 9.16. The van der Waals surface area contributed by atoms with Crippen LogP contribution in [0.15, 0.2) is 24.4 Å². The van der Waals surface area contributed by atoms with Crippen molar-refractivity contribution < 1.29 is 4.92 Å². The number of hydrogen-bond acceptors (Lipinski definition) is 4. The van der Waals surface area contributed by atoms with Gasteiger partial charge in [0.15, 0.2) is 0 Å². The zero-order valence-corrected chi connectivity index (χ0v) is 11.0. The van der Waals surface area contributed by atoms with E-state index in [9.17, 15) is 10.1 Å². The van der Waals surface area contributed by atoms with E-state index in [2.05, 4.69) is 22.0 Å². The summed E-state index contributed by atoms with van der Waals surface area (Å²) in [6, 6.07) is 1.70. The number of aryl methyl sites for hydroxylation is 1. The van der Waals surface area contributed by atoms with Crippen molar-refractivity contribution in [1.82, 2.24) is 4.98 Å². The van der Waals surface area contributed by atoms with Crippen LogP contribution in [-0.4, -0.2) is 23.0 Å². The average molecular weight is 259 g/mol. The van der Waals surface area contributed by atoms with Crippen LogP contribution >= 0.6 is 0 Å². The minimum absolute atomic E-state index is 0.161. The highest BCUT2D eigenvalue weighted by atomic mass is 16.6. The fourth-order valence-electron chi connectivity index (χ4n) is 3.18. The summed E-state index contributed by atoms with van der Waals surface area (Å²) in [5.41, 5.74) is 0.845. The van der Waals surface area contributed by atoms with Gasteiger partial charge in [0.25, 0.3) is 0 Å². The SMILES string of the molecule is Cc1ccnc(N2CC3CC=CCC3C2)c1[N+](=O)[O-]. The molecule has 2 unspecified atom stereocenters. The van der Waals surface area contributed by atoms with Crippen LogP contribution in [0.5, 0.6) is 0 Å². The second-order valence-electron chi connectivity index (χ2n) is 5.43. The Labute approximate surface area is 112 Å². The fourth-order valence-corrected chi connectivity index (χ4v) is 3.18. The molecule has 1 fully saturated rings. The molecule has 0 bridgehead atoms. The third-order valence-corrected chi connectivity index (χ3v) is 4.21. The van der Waals surface area contributed by atoms with E-state index in [0.717, 1.165) is 25.9 Å². The van der Waals surface area contributed by atoms with Gasteiger partial charge in [-0.1, -0.05) is 12.2 Å². The third kappa shape index (κ3) is 2.09. The van der Waals surface area contributed by atoms with Gasteiger partial charge in [-0.3, -0.25) is 10.1 Å². The van der Waals surface area contributed by atoms with Crippen LogP contribution in [0.4, 0.5) is 11.5 Å². The number of nitro groups is 1. The predicted octanol–water partition coefficient (Wildman–Crippen LogP) is 2.70. The molecule has 5 heteroatoms. The van der Waals surface area contributed by atoms with Crippen molar-refractivity contribution in [3.63, 3.8) is 0 Å². The maximum Gasteiger partial charge on any atom is 0.314 e. The van der Waals surface area contributed by atoms with Crippen LogP contribution < -0.4 is 4.90 Å². The quantitative estimate of drug-likeness (QED) is 0.465. The maximum atomic E-state index is 11.2. The molecule has 3 rings (SSSR count). The lowest BCUT2D eigenvalue weighted by atomic mass is 9.86. The van der Waals surface area contributed by atoms with Gasteiger partial charge in [0.1, 0.15) is 0 Å². The number of hydrogen-bond donors (Lipinski definition) is 0. The monoisotopic (exact) mass is 259 g/mol. The molecule has 0 amide bonds. The van der Waals surface area contributed by atoms with Gasteiger partial charge in [-0.25, -0.2) is 4.98 Å². The van der Waals surface area contributed by atoms with Crippen molar-refractivity contribution in [2.24, 2.45) is 11.8 Å². The number of allylic oxidation sites excluding steroid dienone is 2. The molecule has 0 aromatic carbocycles. The molecule has 0 N–H and O–H groups in total. The first kappa shape index (κ1) is 12.1. The van der Waals surface area contributed by atoms with E-state index in [4.69, 9.17) is 0 Å². The van der Waals surface area contributed by atoms with Gasteiger partial charge in [0.2, 0.25) is 5.82 Å². The lowest BCUT2D eigenvalue weighted by Gasteiger charge is -2.17. The molecule has 100 valence electrons. The predicted molar refractivity (Wildman–Crippen MR) is 73.2 cm³/mol. The second kappa shape index (κ2) is 4.64. The van der Waals surface area contributed by atoms with Crippen LogP contribution in [0.3, 0.4) is 0 Å². The standard InChI is InChI=1S/C14H17N3O2/c1-10-6-7-15-14(13(10)17(18)19)16-8-11-4-2-3-5-12(11)9-16/h2-3,6-7,11-12H,4-5,8-9H2,1H3. The van der Waals surface area contributed by atoms with Gasteiger partial charge in [-0.2, -0.15) is 0 Å². The summed E-state index contributed by atoms with van der Waals surface area (Å²) in [6.45, 7) is 3.53. The third-order valence-electron chi connectivity index (χ3n) is 4.21. The molecule has 0 saturated carbocycles. The first-order valence-corrected chi connectivity index (χ1v) is 6.66. The van der Waals surface area contributed by atoms with Crippen LogP contribution in [-0.2, 0) is 0 Å². The topological polar surface area (TPSA) is 59.3 Å². The molecule has 0 spiro atoms. The largest absolute Gasteiger partial charge is 0.350 e. The molecule has 5 nitrogen and oxygen atoms in total. The van der Waals surface area contributed by atoms with Crippen LogP contribution in [0, 0.1) is 28.9 Å². The Kier molecular flexibility index (Phi) is 2.97. The number of aromatic nitrogens is 1.